The van der Waals surface area contributed by atoms with Crippen LogP contribution in [0.3, 0.4) is 0 Å². The molecule has 0 saturated carbocycles. The molecule has 0 unspecified atom stereocenters. The molecule has 0 spiro atoms. The zero-order chi connectivity index (χ0) is 11.9. The number of sulfonamides is 1. The van der Waals surface area contributed by atoms with Gasteiger partial charge in [-0.15, -0.1) is 0 Å². The van der Waals surface area contributed by atoms with Gasteiger partial charge in [0.15, 0.2) is 5.03 Å². The van der Waals surface area contributed by atoms with Gasteiger partial charge in [-0.1, -0.05) is 5.11 Å². The molecule has 1 rings (SSSR count). The maximum absolute atomic E-state index is 11.5. The fourth-order valence-corrected chi connectivity index (χ4v) is 2.00. The van der Waals surface area contributed by atoms with Crippen LogP contribution in [0.5, 0.6) is 0 Å². The Kier molecular flexibility index (Phi) is 4.77. The Labute approximate surface area is 92.8 Å². The van der Waals surface area contributed by atoms with E-state index in [2.05, 4.69) is 24.7 Å². The fourth-order valence-electron chi connectivity index (χ4n) is 1.03. The van der Waals surface area contributed by atoms with E-state index in [1.807, 2.05) is 0 Å². The van der Waals surface area contributed by atoms with E-state index in [1.54, 1.807) is 0 Å². The van der Waals surface area contributed by atoms with Crippen molar-refractivity contribution in [1.82, 2.24) is 14.7 Å². The van der Waals surface area contributed by atoms with Crippen LogP contribution in [-0.4, -0.2) is 31.5 Å². The predicted octanol–water partition coefficient (Wildman–Crippen LogP) is 0.778. The zero-order valence-electron chi connectivity index (χ0n) is 8.50. The van der Waals surface area contributed by atoms with Crippen LogP contribution < -0.4 is 4.72 Å². The molecule has 8 nitrogen and oxygen atoms in total. The third-order valence-electron chi connectivity index (χ3n) is 1.80. The van der Waals surface area contributed by atoms with Gasteiger partial charge in [0, 0.05) is 18.0 Å². The van der Waals surface area contributed by atoms with Gasteiger partial charge < -0.3 is 4.98 Å². The average molecular weight is 244 g/mol. The molecule has 2 N–H and O–H groups in total. The topological polar surface area (TPSA) is 124 Å². The second-order valence-corrected chi connectivity index (χ2v) is 4.71. The quantitative estimate of drug-likeness (QED) is 0.318. The first-order chi connectivity index (χ1) is 7.67. The van der Waals surface area contributed by atoms with E-state index in [-0.39, 0.29) is 5.03 Å². The van der Waals surface area contributed by atoms with Crippen LogP contribution in [0.2, 0.25) is 0 Å². The van der Waals surface area contributed by atoms with E-state index >= 15 is 0 Å². The lowest BCUT2D eigenvalue weighted by Crippen LogP contribution is -2.25. The first-order valence-corrected chi connectivity index (χ1v) is 6.14. The SMILES string of the molecule is [N-]=[N+]=NCCCCNS(=O)(=O)c1cnc[nH]1. The Morgan fingerprint density at radius 2 is 2.38 bits per heavy atom. The number of H-pyrrole nitrogens is 1. The van der Waals surface area contributed by atoms with Gasteiger partial charge in [-0.3, -0.25) is 0 Å². The van der Waals surface area contributed by atoms with E-state index in [0.29, 0.717) is 25.9 Å². The van der Waals surface area contributed by atoms with Crippen LogP contribution in [0.1, 0.15) is 12.8 Å². The summed E-state index contributed by atoms with van der Waals surface area (Å²) >= 11 is 0. The van der Waals surface area contributed by atoms with E-state index in [9.17, 15) is 8.42 Å². The number of unbranched alkanes of at least 4 members (excludes halogenated alkanes) is 1. The smallest absolute Gasteiger partial charge is 0.257 e. The summed E-state index contributed by atoms with van der Waals surface area (Å²) in [6, 6.07) is 0. The summed E-state index contributed by atoms with van der Waals surface area (Å²) in [6.07, 6.45) is 3.81. The van der Waals surface area contributed by atoms with Crippen molar-refractivity contribution in [2.24, 2.45) is 5.11 Å². The summed E-state index contributed by atoms with van der Waals surface area (Å²) in [5.41, 5.74) is 8.01. The summed E-state index contributed by atoms with van der Waals surface area (Å²) in [7, 11) is -3.48. The average Bonchev–Trinajstić information content (AvgIpc) is 2.77. The molecule has 1 heterocycles. The minimum atomic E-state index is -3.48. The molecule has 16 heavy (non-hydrogen) atoms. The van der Waals surface area contributed by atoms with E-state index in [0.717, 1.165) is 0 Å². The standard InChI is InChI=1S/C7H12N6O2S/c8-13-11-3-1-2-4-12-16(14,15)7-5-9-6-10-7/h5-6,12H,1-4H2,(H,9,10). The summed E-state index contributed by atoms with van der Waals surface area (Å²) in [5.74, 6) is 0. The lowest BCUT2D eigenvalue weighted by molar-refractivity contribution is 0.574. The summed E-state index contributed by atoms with van der Waals surface area (Å²) in [4.78, 5) is 8.73. The highest BCUT2D eigenvalue weighted by atomic mass is 32.2. The molecule has 0 saturated heterocycles. The Morgan fingerprint density at radius 1 is 1.56 bits per heavy atom. The van der Waals surface area contributed by atoms with Crippen molar-refractivity contribution in [2.75, 3.05) is 13.1 Å². The number of hydrogen-bond donors (Lipinski definition) is 2. The molecule has 1 aromatic heterocycles. The number of hydrogen-bond acceptors (Lipinski definition) is 4. The number of imidazole rings is 1. The van der Waals surface area contributed by atoms with Crippen molar-refractivity contribution < 1.29 is 8.42 Å². The van der Waals surface area contributed by atoms with Crippen LogP contribution in [0.4, 0.5) is 0 Å². The molecule has 88 valence electrons. The molecule has 0 aliphatic carbocycles. The fraction of sp³-hybridized carbons (Fsp3) is 0.571. The van der Waals surface area contributed by atoms with Crippen LogP contribution >= 0.6 is 0 Å². The minimum Gasteiger partial charge on any atom is -0.335 e. The van der Waals surface area contributed by atoms with Crippen molar-refractivity contribution in [3.8, 4) is 0 Å². The van der Waals surface area contributed by atoms with Gasteiger partial charge in [-0.25, -0.2) is 18.1 Å². The van der Waals surface area contributed by atoms with Crippen LogP contribution in [0.15, 0.2) is 22.7 Å². The van der Waals surface area contributed by atoms with Crippen molar-refractivity contribution in [2.45, 2.75) is 17.9 Å². The molecule has 9 heteroatoms. The molecule has 0 bridgehead atoms. The van der Waals surface area contributed by atoms with Gasteiger partial charge in [0.2, 0.25) is 0 Å². The van der Waals surface area contributed by atoms with Gasteiger partial charge in [0.25, 0.3) is 10.0 Å². The third-order valence-corrected chi connectivity index (χ3v) is 3.19. The summed E-state index contributed by atoms with van der Waals surface area (Å²) in [5, 5.41) is 3.39. The number of nitrogens with one attached hydrogen (secondary N) is 2. The second kappa shape index (κ2) is 6.11. The molecule has 1 aromatic rings. The Morgan fingerprint density at radius 3 is 3.00 bits per heavy atom. The van der Waals surface area contributed by atoms with Crippen LogP contribution in [0.25, 0.3) is 10.4 Å². The first-order valence-electron chi connectivity index (χ1n) is 4.66. The van der Waals surface area contributed by atoms with Crippen LogP contribution in [-0.2, 0) is 10.0 Å². The number of nitrogens with zero attached hydrogens (tertiary/aromatic N) is 4. The van der Waals surface area contributed by atoms with E-state index in [4.69, 9.17) is 5.53 Å². The lowest BCUT2D eigenvalue weighted by Gasteiger charge is -2.03. The molecular weight excluding hydrogens is 232 g/mol. The summed E-state index contributed by atoms with van der Waals surface area (Å²) in [6.45, 7) is 0.685. The maximum atomic E-state index is 11.5. The molecule has 0 amide bonds. The molecule has 0 aliphatic heterocycles. The predicted molar refractivity (Wildman–Crippen MR) is 57.0 cm³/mol. The highest BCUT2D eigenvalue weighted by molar-refractivity contribution is 7.89. The Hall–Kier alpha value is -1.57. The van der Waals surface area contributed by atoms with Crippen LogP contribution in [0, 0.1) is 0 Å². The normalized spacial score (nSPS) is 11.0. The largest absolute Gasteiger partial charge is 0.335 e. The molecular formula is C7H12N6O2S. The van der Waals surface area contributed by atoms with Gasteiger partial charge >= 0.3 is 0 Å². The molecule has 0 radical (unpaired) electrons. The van der Waals surface area contributed by atoms with Crippen molar-refractivity contribution in [1.29, 1.82) is 0 Å². The molecule has 0 atom stereocenters. The summed E-state index contributed by atoms with van der Waals surface area (Å²) < 4.78 is 25.4. The molecule has 0 aromatic carbocycles. The van der Waals surface area contributed by atoms with Crippen molar-refractivity contribution in [3.05, 3.63) is 23.0 Å². The highest BCUT2D eigenvalue weighted by Crippen LogP contribution is 2.01. The van der Waals surface area contributed by atoms with E-state index < -0.39 is 10.0 Å². The third kappa shape index (κ3) is 3.89. The van der Waals surface area contributed by atoms with Crippen molar-refractivity contribution >= 4 is 10.0 Å². The number of aromatic amines is 1. The maximum Gasteiger partial charge on any atom is 0.257 e. The Bertz CT molecular complexity index is 447. The van der Waals surface area contributed by atoms with Crippen molar-refractivity contribution in [3.63, 3.8) is 0 Å². The zero-order valence-corrected chi connectivity index (χ0v) is 9.31. The van der Waals surface area contributed by atoms with E-state index in [1.165, 1.54) is 12.5 Å². The second-order valence-electron chi connectivity index (χ2n) is 2.98. The first kappa shape index (κ1) is 12.5. The van der Waals surface area contributed by atoms with Gasteiger partial charge in [-0.05, 0) is 18.4 Å². The van der Waals surface area contributed by atoms with Gasteiger partial charge in [0.05, 0.1) is 12.5 Å². The van der Waals surface area contributed by atoms with Gasteiger partial charge in [-0.2, -0.15) is 0 Å². The minimum absolute atomic E-state index is 0.0440. The number of aromatic nitrogens is 2. The number of azide groups is 1. The van der Waals surface area contributed by atoms with Gasteiger partial charge in [0.1, 0.15) is 0 Å². The highest BCUT2D eigenvalue weighted by Gasteiger charge is 2.13. The molecule has 0 fully saturated rings. The lowest BCUT2D eigenvalue weighted by atomic mass is 10.3. The monoisotopic (exact) mass is 244 g/mol. The Balaban J connectivity index is 2.30. The molecule has 0 aliphatic rings. The number of rotatable bonds is 7.